The molecule has 1 aliphatic rings. The highest BCUT2D eigenvalue weighted by Crippen LogP contribution is 2.22. The summed E-state index contributed by atoms with van der Waals surface area (Å²) < 4.78 is 12.6. The first-order valence-electron chi connectivity index (χ1n) is 14.0. The lowest BCUT2D eigenvalue weighted by Gasteiger charge is -2.31. The summed E-state index contributed by atoms with van der Waals surface area (Å²) >= 11 is 1.62. The Morgan fingerprint density at radius 1 is 0.875 bits per heavy atom. The van der Waals surface area contributed by atoms with Gasteiger partial charge in [0.1, 0.15) is 12.4 Å². The minimum absolute atomic E-state index is 0.108. The van der Waals surface area contributed by atoms with Crippen LogP contribution in [0.4, 0.5) is 0 Å². The molecule has 40 heavy (non-hydrogen) atoms. The molecule has 0 aliphatic carbocycles. The van der Waals surface area contributed by atoms with Crippen LogP contribution in [0.2, 0.25) is 0 Å². The smallest absolute Gasteiger partial charge is 0.255 e. The van der Waals surface area contributed by atoms with E-state index in [-0.39, 0.29) is 18.0 Å². The molecule has 2 heterocycles. The first kappa shape index (κ1) is 28.0. The SMILES string of the molecule is O=C1N[C@@H](Cc2ccccc2)COCCCCN(Cc2cscn2)[C@@H](Cc2ccccc2)COc2ccccc21. The van der Waals surface area contributed by atoms with E-state index in [9.17, 15) is 4.79 Å². The number of hydrogen-bond donors (Lipinski definition) is 1. The number of nitrogens with zero attached hydrogens (tertiary/aromatic N) is 2. The Morgan fingerprint density at radius 3 is 2.35 bits per heavy atom. The van der Waals surface area contributed by atoms with Gasteiger partial charge < -0.3 is 14.8 Å². The van der Waals surface area contributed by atoms with Crippen molar-refractivity contribution in [3.63, 3.8) is 0 Å². The first-order valence-corrected chi connectivity index (χ1v) is 15.0. The molecule has 7 heteroatoms. The van der Waals surface area contributed by atoms with Gasteiger partial charge >= 0.3 is 0 Å². The van der Waals surface area contributed by atoms with E-state index in [2.05, 4.69) is 57.0 Å². The summed E-state index contributed by atoms with van der Waals surface area (Å²) in [6.45, 7) is 3.25. The van der Waals surface area contributed by atoms with E-state index in [0.717, 1.165) is 38.0 Å². The minimum atomic E-state index is -0.144. The number of rotatable bonds is 6. The molecule has 0 spiro atoms. The summed E-state index contributed by atoms with van der Waals surface area (Å²) in [6, 6.07) is 28.3. The second kappa shape index (κ2) is 14.7. The number of nitrogens with one attached hydrogen (secondary N) is 1. The van der Waals surface area contributed by atoms with Gasteiger partial charge in [-0.25, -0.2) is 4.98 Å². The lowest BCUT2D eigenvalue weighted by atomic mass is 10.0. The van der Waals surface area contributed by atoms with Crippen LogP contribution < -0.4 is 10.1 Å². The molecule has 4 aromatic rings. The second-order valence-electron chi connectivity index (χ2n) is 10.2. The maximum atomic E-state index is 13.5. The molecule has 0 unspecified atom stereocenters. The quantitative estimate of drug-likeness (QED) is 0.327. The summed E-state index contributed by atoms with van der Waals surface area (Å²) in [6.07, 6.45) is 3.49. The molecule has 0 bridgehead atoms. The van der Waals surface area contributed by atoms with Crippen LogP contribution in [0.15, 0.2) is 95.8 Å². The van der Waals surface area contributed by atoms with Gasteiger partial charge in [0.15, 0.2) is 0 Å². The van der Waals surface area contributed by atoms with Crippen LogP contribution in [0, 0.1) is 0 Å². The number of ether oxygens (including phenoxy) is 2. The van der Waals surface area contributed by atoms with Crippen LogP contribution in [0.1, 0.15) is 40.0 Å². The van der Waals surface area contributed by atoms with Gasteiger partial charge in [0.2, 0.25) is 0 Å². The monoisotopic (exact) mass is 555 g/mol. The third-order valence-corrected chi connectivity index (χ3v) is 7.84. The number of aromatic nitrogens is 1. The molecule has 1 aliphatic heterocycles. The molecule has 3 aromatic carbocycles. The third kappa shape index (κ3) is 8.24. The van der Waals surface area contributed by atoms with Crippen LogP contribution >= 0.6 is 11.3 Å². The molecule has 1 aromatic heterocycles. The van der Waals surface area contributed by atoms with Gasteiger partial charge in [0.25, 0.3) is 5.91 Å². The predicted molar refractivity (Wildman–Crippen MR) is 160 cm³/mol. The maximum Gasteiger partial charge on any atom is 0.255 e. The molecular formula is C33H37N3O3S. The van der Waals surface area contributed by atoms with Crippen LogP contribution in [-0.4, -0.2) is 54.2 Å². The van der Waals surface area contributed by atoms with Crippen molar-refractivity contribution in [2.45, 2.75) is 44.3 Å². The van der Waals surface area contributed by atoms with Crippen LogP contribution in [0.25, 0.3) is 0 Å². The zero-order chi connectivity index (χ0) is 27.4. The Morgan fingerprint density at radius 2 is 1.60 bits per heavy atom. The van der Waals surface area contributed by atoms with Gasteiger partial charge in [-0.2, -0.15) is 0 Å². The van der Waals surface area contributed by atoms with Crippen LogP contribution in [0.5, 0.6) is 5.75 Å². The second-order valence-corrected chi connectivity index (χ2v) is 11.0. The largest absolute Gasteiger partial charge is 0.491 e. The van der Waals surface area contributed by atoms with Crippen molar-refractivity contribution in [1.29, 1.82) is 0 Å². The third-order valence-electron chi connectivity index (χ3n) is 7.21. The number of carbonyl (C=O) groups is 1. The van der Waals surface area contributed by atoms with Crippen LogP contribution in [-0.2, 0) is 24.1 Å². The molecular weight excluding hydrogens is 518 g/mol. The number of fused-ring (bicyclic) bond motifs is 1. The minimum Gasteiger partial charge on any atom is -0.491 e. The molecule has 1 amide bonds. The Kier molecular flexibility index (Phi) is 10.3. The summed E-state index contributed by atoms with van der Waals surface area (Å²) in [5, 5.41) is 5.34. The summed E-state index contributed by atoms with van der Waals surface area (Å²) in [7, 11) is 0. The van der Waals surface area contributed by atoms with E-state index in [1.54, 1.807) is 11.3 Å². The Bertz CT molecular complexity index is 1300. The average molecular weight is 556 g/mol. The van der Waals surface area contributed by atoms with Crippen molar-refractivity contribution in [3.05, 3.63) is 118 Å². The fourth-order valence-electron chi connectivity index (χ4n) is 5.12. The lowest BCUT2D eigenvalue weighted by Crippen LogP contribution is -2.41. The zero-order valence-electron chi connectivity index (χ0n) is 22.8. The molecule has 1 N–H and O–H groups in total. The molecule has 0 radical (unpaired) electrons. The standard InChI is InChI=1S/C33H37N3O3S/c37-33-31-15-7-8-16-32(31)39-23-30(20-27-13-5-2-6-14-27)36(21-29-24-40-25-34-29)17-9-10-18-38-22-28(35-33)19-26-11-3-1-4-12-26/h1-8,11-16,24-25,28,30H,9-10,17-23H2,(H,35,37)/t28-,30-/m0/s1. The van der Waals surface area contributed by atoms with Gasteiger partial charge in [0.05, 0.1) is 29.4 Å². The van der Waals surface area contributed by atoms with Gasteiger partial charge in [0, 0.05) is 24.6 Å². The molecule has 0 fully saturated rings. The van der Waals surface area contributed by atoms with Crippen molar-refractivity contribution in [3.8, 4) is 5.75 Å². The van der Waals surface area contributed by atoms with Crippen molar-refractivity contribution in [1.82, 2.24) is 15.2 Å². The fraction of sp³-hybridized carbons (Fsp3) is 0.333. The Labute approximate surface area is 241 Å². The van der Waals surface area contributed by atoms with E-state index >= 15 is 0 Å². The van der Waals surface area contributed by atoms with E-state index in [0.29, 0.717) is 37.6 Å². The van der Waals surface area contributed by atoms with Gasteiger partial charge in [-0.3, -0.25) is 9.69 Å². The number of para-hydroxylation sites is 1. The molecule has 208 valence electrons. The van der Waals surface area contributed by atoms with Crippen molar-refractivity contribution >= 4 is 17.2 Å². The highest BCUT2D eigenvalue weighted by atomic mass is 32.1. The summed E-state index contributed by atoms with van der Waals surface area (Å²) in [4.78, 5) is 20.6. The van der Waals surface area contributed by atoms with E-state index in [1.807, 2.05) is 54.0 Å². The number of carbonyl (C=O) groups excluding carboxylic acids is 1. The topological polar surface area (TPSA) is 63.7 Å². The van der Waals surface area contributed by atoms with E-state index in [1.165, 1.54) is 11.1 Å². The molecule has 2 atom stereocenters. The number of hydrogen-bond acceptors (Lipinski definition) is 6. The van der Waals surface area contributed by atoms with Crippen LogP contribution in [0.3, 0.4) is 0 Å². The van der Waals surface area contributed by atoms with E-state index < -0.39 is 0 Å². The Balaban J connectivity index is 1.39. The van der Waals surface area contributed by atoms with E-state index in [4.69, 9.17) is 9.47 Å². The first-order chi connectivity index (χ1) is 19.7. The zero-order valence-corrected chi connectivity index (χ0v) is 23.6. The Hall–Kier alpha value is -3.52. The van der Waals surface area contributed by atoms with Crippen molar-refractivity contribution in [2.24, 2.45) is 0 Å². The molecule has 6 nitrogen and oxygen atoms in total. The summed E-state index contributed by atoms with van der Waals surface area (Å²) in [5.74, 6) is 0.454. The van der Waals surface area contributed by atoms with Crippen molar-refractivity contribution < 1.29 is 14.3 Å². The van der Waals surface area contributed by atoms with Crippen molar-refractivity contribution in [2.75, 3.05) is 26.4 Å². The highest BCUT2D eigenvalue weighted by molar-refractivity contribution is 7.07. The molecule has 0 saturated carbocycles. The van der Waals surface area contributed by atoms with Gasteiger partial charge in [-0.15, -0.1) is 11.3 Å². The predicted octanol–water partition coefficient (Wildman–Crippen LogP) is 5.79. The average Bonchev–Trinajstić information content (AvgIpc) is 3.50. The number of thiazole rings is 1. The normalized spacial score (nSPS) is 19.4. The number of amides is 1. The highest BCUT2D eigenvalue weighted by Gasteiger charge is 2.23. The van der Waals surface area contributed by atoms with Gasteiger partial charge in [-0.05, 0) is 55.5 Å². The molecule has 0 saturated heterocycles. The fourth-order valence-corrected chi connectivity index (χ4v) is 5.67. The maximum absolute atomic E-state index is 13.5. The number of benzene rings is 3. The molecule has 5 rings (SSSR count). The lowest BCUT2D eigenvalue weighted by molar-refractivity contribution is 0.0819. The van der Waals surface area contributed by atoms with Gasteiger partial charge in [-0.1, -0.05) is 72.8 Å². The summed E-state index contributed by atoms with van der Waals surface area (Å²) in [5.41, 5.74) is 5.93.